The molecule has 0 aromatic carbocycles. The van der Waals surface area contributed by atoms with Gasteiger partial charge >= 0.3 is 29.6 Å². The van der Waals surface area contributed by atoms with Crippen LogP contribution in [0.3, 0.4) is 0 Å². The van der Waals surface area contributed by atoms with E-state index in [9.17, 15) is 0 Å². The molecule has 0 amide bonds. The second-order valence-corrected chi connectivity index (χ2v) is 10.8. The van der Waals surface area contributed by atoms with Gasteiger partial charge in [-0.2, -0.15) is 0 Å². The molecule has 0 aromatic rings. The summed E-state index contributed by atoms with van der Waals surface area (Å²) >= 11 is 0. The summed E-state index contributed by atoms with van der Waals surface area (Å²) in [4.78, 5) is 8.89. The Morgan fingerprint density at radius 2 is 0.889 bits per heavy atom. The Kier molecular flexibility index (Phi) is 23.5. The summed E-state index contributed by atoms with van der Waals surface area (Å²) in [5.74, 6) is -1.75. The van der Waals surface area contributed by atoms with E-state index in [-0.39, 0.29) is 41.1 Å². The van der Waals surface area contributed by atoms with Crippen LogP contribution in [0.2, 0.25) is 0 Å². The molecule has 0 N–H and O–H groups in total. The van der Waals surface area contributed by atoms with Crippen LogP contribution >= 0.6 is 0 Å². The van der Waals surface area contributed by atoms with Crippen molar-refractivity contribution in [1.29, 1.82) is 0 Å². The summed E-state index contributed by atoms with van der Waals surface area (Å²) in [6.45, 7) is 7.25. The molecule has 0 saturated carbocycles. The third-order valence-corrected chi connectivity index (χ3v) is 7.39. The van der Waals surface area contributed by atoms with Crippen molar-refractivity contribution in [3.8, 4) is 0 Å². The Morgan fingerprint density at radius 1 is 0.639 bits per heavy atom. The molecule has 2 unspecified atom stereocenters. The topological polar surface area (TPSA) is 67.8 Å². The molecule has 2 saturated heterocycles. The van der Waals surface area contributed by atoms with Crippen LogP contribution < -0.4 is 34.7 Å². The number of carboxylic acid groups (broad SMARTS) is 1. The number of hydrogen-bond donors (Lipinski definition) is 0. The fourth-order valence-electron chi connectivity index (χ4n) is 5.07. The van der Waals surface area contributed by atoms with Crippen molar-refractivity contribution in [3.63, 3.8) is 0 Å². The van der Waals surface area contributed by atoms with Crippen molar-refractivity contribution in [1.82, 2.24) is 0 Å². The molecule has 2 atom stereocenters. The molecule has 2 rings (SSSR count). The van der Waals surface area contributed by atoms with E-state index in [2.05, 4.69) is 13.8 Å². The number of hydrogen-bond acceptors (Lipinski definition) is 5. The van der Waals surface area contributed by atoms with Gasteiger partial charge in [0.2, 0.25) is 0 Å². The Morgan fingerprint density at radius 3 is 1.11 bits per heavy atom. The Hall–Kier alpha value is 0.350. The van der Waals surface area contributed by atoms with Crippen LogP contribution in [0.5, 0.6) is 0 Å². The van der Waals surface area contributed by atoms with Crippen LogP contribution in [0, 0.1) is 0 Å². The van der Waals surface area contributed by atoms with Crippen LogP contribution in [0.4, 0.5) is 0 Å². The molecule has 2 heterocycles. The molecule has 2 aliphatic heterocycles. The maximum Gasteiger partial charge on any atom is 1.00 e. The average molecular weight is 521 g/mol. The van der Waals surface area contributed by atoms with E-state index < -0.39 is 5.97 Å². The van der Waals surface area contributed by atoms with E-state index in [0.717, 1.165) is 45.8 Å². The summed E-state index contributed by atoms with van der Waals surface area (Å²) in [6, 6.07) is 0. The molecule has 36 heavy (non-hydrogen) atoms. The Balaban J connectivity index is 0.00000227. The molecule has 0 aliphatic carbocycles. The Labute approximate surface area is 245 Å². The quantitative estimate of drug-likeness (QED) is 0.151. The maximum atomic E-state index is 8.89. The zero-order valence-corrected chi connectivity index (χ0v) is 26.5. The second-order valence-electron chi connectivity index (χ2n) is 10.8. The summed E-state index contributed by atoms with van der Waals surface area (Å²) in [6.07, 6.45) is 28.8. The van der Waals surface area contributed by atoms with Crippen molar-refractivity contribution in [3.05, 3.63) is 0 Å². The minimum absolute atomic E-state index is 0. The van der Waals surface area contributed by atoms with E-state index in [1.807, 2.05) is 0 Å². The normalized spacial score (nSPS) is 22.5. The van der Waals surface area contributed by atoms with Crippen molar-refractivity contribution in [2.75, 3.05) is 13.2 Å². The summed E-state index contributed by atoms with van der Waals surface area (Å²) in [5.41, 5.74) is 0. The summed E-state index contributed by atoms with van der Waals surface area (Å²) < 4.78 is 18.6. The predicted molar refractivity (Wildman–Crippen MR) is 142 cm³/mol. The minimum atomic E-state index is -1.08. The molecule has 2 aliphatic rings. The van der Waals surface area contributed by atoms with Gasteiger partial charge in [0.15, 0.2) is 11.6 Å². The summed E-state index contributed by atoms with van der Waals surface area (Å²) in [5, 5.41) is 8.89. The van der Waals surface area contributed by atoms with Gasteiger partial charge in [-0.25, -0.2) is 0 Å². The van der Waals surface area contributed by atoms with E-state index in [4.69, 9.17) is 24.1 Å². The molecule has 0 aromatic heterocycles. The molecule has 208 valence electrons. The standard InChI is InChI=1S/C28H54O3.C2H4O2.Na/c1-3-5-7-9-11-13-15-17-19-21-27(23-25-29-27)31-28(24-26-30-28)22-20-18-16-14-12-10-8-6-4-2;1-2(3)4;/h3-26H2,1-2H3;1H3,(H,3,4);/q;;+1/p-1. The van der Waals surface area contributed by atoms with Gasteiger partial charge in [-0.3, -0.25) is 0 Å². The predicted octanol–water partition coefficient (Wildman–Crippen LogP) is 4.84. The third kappa shape index (κ3) is 17.8. The van der Waals surface area contributed by atoms with E-state index >= 15 is 0 Å². The van der Waals surface area contributed by atoms with Gasteiger partial charge in [0, 0.05) is 31.7 Å². The van der Waals surface area contributed by atoms with Gasteiger partial charge in [-0.15, -0.1) is 0 Å². The maximum absolute atomic E-state index is 8.89. The van der Waals surface area contributed by atoms with Crippen LogP contribution in [0.25, 0.3) is 0 Å². The van der Waals surface area contributed by atoms with Crippen LogP contribution in [0.15, 0.2) is 0 Å². The summed E-state index contributed by atoms with van der Waals surface area (Å²) in [7, 11) is 0. The van der Waals surface area contributed by atoms with Gasteiger partial charge in [0.25, 0.3) is 0 Å². The van der Waals surface area contributed by atoms with Gasteiger partial charge < -0.3 is 24.1 Å². The number of carbonyl (C=O) groups is 1. The van der Waals surface area contributed by atoms with Crippen LogP contribution in [-0.2, 0) is 19.0 Å². The minimum Gasteiger partial charge on any atom is -0.550 e. The largest absolute Gasteiger partial charge is 1.00 e. The number of rotatable bonds is 22. The third-order valence-electron chi connectivity index (χ3n) is 7.39. The second kappa shape index (κ2) is 23.3. The first-order valence-electron chi connectivity index (χ1n) is 15.1. The average Bonchev–Trinajstić information content (AvgIpc) is 2.77. The zero-order chi connectivity index (χ0) is 25.7. The number of unbranched alkanes of at least 4 members (excludes halogenated alkanes) is 16. The van der Waals surface area contributed by atoms with E-state index in [1.165, 1.54) is 116 Å². The molecular weight excluding hydrogens is 463 g/mol. The Bertz CT molecular complexity index is 464. The number of ether oxygens (including phenoxy) is 3. The molecule has 2 fully saturated rings. The first-order valence-corrected chi connectivity index (χ1v) is 15.1. The fourth-order valence-corrected chi connectivity index (χ4v) is 5.07. The van der Waals surface area contributed by atoms with Crippen molar-refractivity contribution in [2.24, 2.45) is 0 Å². The van der Waals surface area contributed by atoms with Gasteiger partial charge in [0.05, 0.1) is 13.2 Å². The number of carbonyl (C=O) groups excluding carboxylic acids is 1. The van der Waals surface area contributed by atoms with Crippen LogP contribution in [0.1, 0.15) is 162 Å². The molecule has 0 bridgehead atoms. The van der Waals surface area contributed by atoms with Crippen molar-refractivity contribution >= 4 is 5.97 Å². The number of aliphatic carboxylic acids is 1. The first-order chi connectivity index (χ1) is 17.0. The molecule has 0 radical (unpaired) electrons. The fraction of sp³-hybridized carbons (Fsp3) is 0.967. The smallest absolute Gasteiger partial charge is 0.550 e. The van der Waals surface area contributed by atoms with E-state index in [1.54, 1.807) is 0 Å². The van der Waals surface area contributed by atoms with E-state index in [0.29, 0.717) is 0 Å². The molecule has 5 nitrogen and oxygen atoms in total. The van der Waals surface area contributed by atoms with Crippen molar-refractivity contribution in [2.45, 2.75) is 174 Å². The SMILES string of the molecule is CC(=O)[O-].CCCCCCCCCCCC1(OC2(CCCCCCCCCCC)CCO2)CCO1.[Na+]. The number of carboxylic acids is 1. The van der Waals surface area contributed by atoms with Crippen LogP contribution in [-0.4, -0.2) is 30.8 Å². The monoisotopic (exact) mass is 520 g/mol. The van der Waals surface area contributed by atoms with Gasteiger partial charge in [-0.05, 0) is 19.8 Å². The first kappa shape index (κ1) is 36.4. The molecule has 0 spiro atoms. The molecular formula is C30H57NaO5. The van der Waals surface area contributed by atoms with Gasteiger partial charge in [-0.1, -0.05) is 117 Å². The van der Waals surface area contributed by atoms with Gasteiger partial charge in [0.1, 0.15) is 0 Å². The molecule has 6 heteroatoms. The zero-order valence-electron chi connectivity index (χ0n) is 24.5. The van der Waals surface area contributed by atoms with Crippen molar-refractivity contribution < 1.29 is 53.7 Å².